The van der Waals surface area contributed by atoms with E-state index in [0.29, 0.717) is 22.8 Å². The number of hydrogen-bond acceptors (Lipinski definition) is 5. The van der Waals surface area contributed by atoms with Gasteiger partial charge in [-0.1, -0.05) is 6.07 Å². The van der Waals surface area contributed by atoms with Crippen molar-refractivity contribution in [3.05, 3.63) is 75.6 Å². The highest BCUT2D eigenvalue weighted by Gasteiger charge is 2.21. The van der Waals surface area contributed by atoms with Gasteiger partial charge in [-0.3, -0.25) is 9.59 Å². The van der Waals surface area contributed by atoms with Crippen LogP contribution in [0.5, 0.6) is 5.75 Å². The number of carbonyl (C=O) groups is 2. The van der Waals surface area contributed by atoms with E-state index in [0.717, 1.165) is 12.1 Å². The number of nitrogens with one attached hydrogen (secondary N) is 1. The van der Waals surface area contributed by atoms with Gasteiger partial charge in [-0.15, -0.1) is 0 Å². The molecule has 0 fully saturated rings. The summed E-state index contributed by atoms with van der Waals surface area (Å²) >= 11 is 0. The minimum Gasteiger partial charge on any atom is -0.497 e. The minimum atomic E-state index is -1.16. The van der Waals surface area contributed by atoms with E-state index in [1.165, 1.54) is 19.2 Å². The normalized spacial score (nSPS) is 11.8. The highest BCUT2D eigenvalue weighted by molar-refractivity contribution is 5.89. The second kappa shape index (κ2) is 8.73. The summed E-state index contributed by atoms with van der Waals surface area (Å²) in [6.07, 6.45) is -0.494. The van der Waals surface area contributed by atoms with Crippen LogP contribution in [0.3, 0.4) is 0 Å². The zero-order chi connectivity index (χ0) is 21.8. The molecule has 0 unspecified atom stereocenters. The van der Waals surface area contributed by atoms with Crippen LogP contribution in [-0.2, 0) is 22.4 Å². The van der Waals surface area contributed by atoms with Crippen molar-refractivity contribution < 1.29 is 27.5 Å². The lowest BCUT2D eigenvalue weighted by atomic mass is 10.0. The third-order valence-electron chi connectivity index (χ3n) is 4.51. The van der Waals surface area contributed by atoms with Crippen LogP contribution >= 0.6 is 0 Å². The molecule has 7 nitrogen and oxygen atoms in total. The molecule has 1 aromatic heterocycles. The van der Waals surface area contributed by atoms with E-state index in [1.54, 1.807) is 12.1 Å². The monoisotopic (exact) mass is 416 g/mol. The lowest BCUT2D eigenvalue weighted by molar-refractivity contribution is -0.127. The van der Waals surface area contributed by atoms with Crippen molar-refractivity contribution in [2.24, 2.45) is 5.73 Å². The predicted molar refractivity (Wildman–Crippen MR) is 104 cm³/mol. The van der Waals surface area contributed by atoms with Gasteiger partial charge in [-0.25, -0.2) is 13.6 Å². The fourth-order valence-corrected chi connectivity index (χ4v) is 3.03. The molecule has 0 spiro atoms. The number of amides is 2. The summed E-state index contributed by atoms with van der Waals surface area (Å²) in [5, 5.41) is 2.97. The maximum absolute atomic E-state index is 13.8. The summed E-state index contributed by atoms with van der Waals surface area (Å²) in [5.74, 6) is -2.68. The van der Waals surface area contributed by atoms with Gasteiger partial charge in [0, 0.05) is 30.0 Å². The molecule has 1 heterocycles. The van der Waals surface area contributed by atoms with Crippen LogP contribution in [0.15, 0.2) is 51.7 Å². The van der Waals surface area contributed by atoms with Crippen LogP contribution in [0.25, 0.3) is 11.0 Å². The number of benzene rings is 2. The third kappa shape index (κ3) is 4.80. The van der Waals surface area contributed by atoms with Crippen LogP contribution < -0.4 is 21.4 Å². The molecule has 0 aliphatic carbocycles. The second-order valence-electron chi connectivity index (χ2n) is 6.59. The first-order valence-electron chi connectivity index (χ1n) is 8.90. The van der Waals surface area contributed by atoms with Crippen LogP contribution in [-0.4, -0.2) is 25.0 Å². The largest absolute Gasteiger partial charge is 0.497 e. The van der Waals surface area contributed by atoms with Crippen molar-refractivity contribution in [1.82, 2.24) is 5.32 Å². The van der Waals surface area contributed by atoms with Gasteiger partial charge in [0.1, 0.15) is 29.0 Å². The van der Waals surface area contributed by atoms with E-state index in [2.05, 4.69) is 5.32 Å². The smallest absolute Gasteiger partial charge is 0.336 e. The molecular formula is C21H18F2N2O5. The molecule has 1 atom stereocenters. The molecule has 3 rings (SSSR count). The summed E-state index contributed by atoms with van der Waals surface area (Å²) in [6.45, 7) is 0. The van der Waals surface area contributed by atoms with E-state index in [9.17, 15) is 23.2 Å². The van der Waals surface area contributed by atoms with E-state index >= 15 is 0 Å². The van der Waals surface area contributed by atoms with Crippen LogP contribution in [0, 0.1) is 11.6 Å². The summed E-state index contributed by atoms with van der Waals surface area (Å²) < 4.78 is 37.0. The molecule has 0 saturated heterocycles. The van der Waals surface area contributed by atoms with Crippen molar-refractivity contribution in [3.8, 4) is 5.75 Å². The summed E-state index contributed by atoms with van der Waals surface area (Å²) in [4.78, 5) is 36.1. The Kier molecular flexibility index (Phi) is 6.10. The van der Waals surface area contributed by atoms with Crippen LogP contribution in [0.2, 0.25) is 0 Å². The number of nitrogens with two attached hydrogens (primary N) is 1. The Bertz CT molecular complexity index is 1180. The molecular weight excluding hydrogens is 398 g/mol. The molecule has 3 N–H and O–H groups in total. The van der Waals surface area contributed by atoms with Crippen molar-refractivity contribution in [1.29, 1.82) is 0 Å². The molecule has 2 aromatic carbocycles. The van der Waals surface area contributed by atoms with Gasteiger partial charge in [0.2, 0.25) is 11.8 Å². The van der Waals surface area contributed by atoms with Crippen LogP contribution in [0.1, 0.15) is 11.1 Å². The van der Waals surface area contributed by atoms with Gasteiger partial charge < -0.3 is 20.2 Å². The molecule has 0 radical (unpaired) electrons. The van der Waals surface area contributed by atoms with Gasteiger partial charge >= 0.3 is 5.63 Å². The number of methoxy groups -OCH3 is 1. The number of hydrogen-bond donors (Lipinski definition) is 2. The third-order valence-corrected chi connectivity index (χ3v) is 4.51. The summed E-state index contributed by atoms with van der Waals surface area (Å²) in [6, 6.07) is 7.71. The SMILES string of the molecule is COc1ccc2c(C[C@@H](NC(=O)Cc3ccc(F)cc3F)C(N)=O)cc(=O)oc2c1. The fourth-order valence-electron chi connectivity index (χ4n) is 3.03. The number of carbonyl (C=O) groups excluding carboxylic acids is 2. The standard InChI is InChI=1S/C21H18F2N2O5/c1-29-14-4-5-15-12(8-20(27)30-18(15)10-14)6-17(21(24)28)25-19(26)7-11-2-3-13(22)9-16(11)23/h2-5,8-10,17H,6-7H2,1H3,(H2,24,28)(H,25,26)/t17-/m1/s1. The van der Waals surface area contributed by atoms with Crippen molar-refractivity contribution in [2.75, 3.05) is 7.11 Å². The molecule has 0 bridgehead atoms. The van der Waals surface area contributed by atoms with Gasteiger partial charge in [0.05, 0.1) is 13.5 Å². The zero-order valence-corrected chi connectivity index (χ0v) is 15.9. The number of ether oxygens (including phenoxy) is 1. The molecule has 30 heavy (non-hydrogen) atoms. The van der Waals surface area contributed by atoms with Gasteiger partial charge in [0.25, 0.3) is 0 Å². The van der Waals surface area contributed by atoms with E-state index in [1.807, 2.05) is 0 Å². The number of primary amides is 1. The topological polar surface area (TPSA) is 112 Å². The molecule has 3 aromatic rings. The lowest BCUT2D eigenvalue weighted by Gasteiger charge is -2.17. The maximum Gasteiger partial charge on any atom is 0.336 e. The number of fused-ring (bicyclic) bond motifs is 1. The van der Waals surface area contributed by atoms with Crippen molar-refractivity contribution in [2.45, 2.75) is 18.9 Å². The highest BCUT2D eigenvalue weighted by Crippen LogP contribution is 2.23. The molecule has 2 amide bonds. The Hall–Kier alpha value is -3.75. The Morgan fingerprint density at radius 3 is 2.57 bits per heavy atom. The first-order chi connectivity index (χ1) is 14.3. The number of rotatable bonds is 7. The first-order valence-corrected chi connectivity index (χ1v) is 8.90. The van der Waals surface area contributed by atoms with E-state index in [-0.39, 0.29) is 17.6 Å². The Morgan fingerprint density at radius 2 is 1.90 bits per heavy atom. The van der Waals surface area contributed by atoms with Crippen molar-refractivity contribution in [3.63, 3.8) is 0 Å². The minimum absolute atomic E-state index is 0.0324. The predicted octanol–water partition coefficient (Wildman–Crippen LogP) is 1.84. The molecule has 0 saturated carbocycles. The average molecular weight is 416 g/mol. The number of halogens is 2. The van der Waals surface area contributed by atoms with Gasteiger partial charge in [0.15, 0.2) is 0 Å². The Balaban J connectivity index is 1.83. The highest BCUT2D eigenvalue weighted by atomic mass is 19.1. The molecule has 0 aliphatic rings. The second-order valence-corrected chi connectivity index (χ2v) is 6.59. The molecule has 156 valence electrons. The van der Waals surface area contributed by atoms with Crippen molar-refractivity contribution >= 4 is 22.8 Å². The average Bonchev–Trinajstić information content (AvgIpc) is 2.68. The summed E-state index contributed by atoms with van der Waals surface area (Å²) in [5.41, 5.74) is 5.41. The molecule has 9 heteroatoms. The Morgan fingerprint density at radius 1 is 1.13 bits per heavy atom. The van der Waals surface area contributed by atoms with Gasteiger partial charge in [-0.2, -0.15) is 0 Å². The van der Waals surface area contributed by atoms with E-state index < -0.39 is 41.5 Å². The quantitative estimate of drug-likeness (QED) is 0.571. The van der Waals surface area contributed by atoms with Gasteiger partial charge in [-0.05, 0) is 29.3 Å². The first kappa shape index (κ1) is 21.0. The summed E-state index contributed by atoms with van der Waals surface area (Å²) in [7, 11) is 1.46. The lowest BCUT2D eigenvalue weighted by Crippen LogP contribution is -2.46. The maximum atomic E-state index is 13.8. The zero-order valence-electron chi connectivity index (χ0n) is 15.9. The Labute approximate surface area is 169 Å². The van der Waals surface area contributed by atoms with Crippen LogP contribution in [0.4, 0.5) is 8.78 Å². The molecule has 0 aliphatic heterocycles. The fraction of sp³-hybridized carbons (Fsp3) is 0.190. The van der Waals surface area contributed by atoms with E-state index in [4.69, 9.17) is 14.9 Å².